The zero-order valence-corrected chi connectivity index (χ0v) is 12.9. The van der Waals surface area contributed by atoms with Crippen LogP contribution in [0.4, 0.5) is 0 Å². The first-order chi connectivity index (χ1) is 9.44. The average Bonchev–Trinajstić information content (AvgIpc) is 2.90. The molecule has 7 nitrogen and oxygen atoms in total. The van der Waals surface area contributed by atoms with Gasteiger partial charge < -0.3 is 9.64 Å². The summed E-state index contributed by atoms with van der Waals surface area (Å²) in [6, 6.07) is 0. The standard InChI is InChI=1S/C12H23N3O4S/c1-14-6-8-15(9-7-14)13-20(17,18)11-5-3-4-10(11)12(16)19-2/h10-11,13H,3-9H2,1-2H3. The number of hydrazine groups is 1. The number of sulfonamides is 1. The van der Waals surface area contributed by atoms with E-state index in [1.165, 1.54) is 7.11 Å². The summed E-state index contributed by atoms with van der Waals surface area (Å²) in [5.41, 5.74) is 0. The second kappa shape index (κ2) is 6.38. The summed E-state index contributed by atoms with van der Waals surface area (Å²) in [6.07, 6.45) is 1.85. The Bertz CT molecular complexity index is 446. The van der Waals surface area contributed by atoms with Gasteiger partial charge in [0.2, 0.25) is 10.0 Å². The number of carbonyl (C=O) groups excluding carboxylic acids is 1. The molecule has 0 aromatic carbocycles. The van der Waals surface area contributed by atoms with Crippen LogP contribution >= 0.6 is 0 Å². The van der Waals surface area contributed by atoms with Crippen molar-refractivity contribution in [2.75, 3.05) is 40.3 Å². The molecule has 0 amide bonds. The predicted octanol–water partition coefficient (Wildman–Crippen LogP) is -0.590. The smallest absolute Gasteiger partial charge is 0.310 e. The number of piperazine rings is 1. The number of likely N-dealkylation sites (N-methyl/N-ethyl adjacent to an activating group) is 1. The Balaban J connectivity index is 2.00. The van der Waals surface area contributed by atoms with Crippen molar-refractivity contribution in [3.8, 4) is 0 Å². The van der Waals surface area contributed by atoms with Gasteiger partial charge in [0.15, 0.2) is 0 Å². The first-order valence-corrected chi connectivity index (χ1v) is 8.51. The number of hydrogen-bond acceptors (Lipinski definition) is 6. The quantitative estimate of drug-likeness (QED) is 0.700. The third kappa shape index (κ3) is 3.49. The highest BCUT2D eigenvalue weighted by molar-refractivity contribution is 7.90. The van der Waals surface area contributed by atoms with Crippen LogP contribution in [-0.2, 0) is 19.6 Å². The minimum atomic E-state index is -3.52. The van der Waals surface area contributed by atoms with Crippen molar-refractivity contribution in [2.45, 2.75) is 24.5 Å². The van der Waals surface area contributed by atoms with Crippen molar-refractivity contribution < 1.29 is 17.9 Å². The second-order valence-corrected chi connectivity index (χ2v) is 7.40. The zero-order valence-electron chi connectivity index (χ0n) is 12.0. The van der Waals surface area contributed by atoms with Gasteiger partial charge in [-0.1, -0.05) is 6.42 Å². The third-order valence-corrected chi connectivity index (χ3v) is 5.99. The molecule has 116 valence electrons. The van der Waals surface area contributed by atoms with Crippen LogP contribution in [0, 0.1) is 5.92 Å². The van der Waals surface area contributed by atoms with Crippen LogP contribution in [-0.4, -0.2) is 69.9 Å². The second-order valence-electron chi connectivity index (χ2n) is 5.53. The van der Waals surface area contributed by atoms with E-state index < -0.39 is 27.2 Å². The van der Waals surface area contributed by atoms with Crippen molar-refractivity contribution in [3.05, 3.63) is 0 Å². The molecule has 8 heteroatoms. The average molecular weight is 305 g/mol. The number of rotatable bonds is 4. The molecule has 20 heavy (non-hydrogen) atoms. The van der Waals surface area contributed by atoms with Crippen LogP contribution in [0.3, 0.4) is 0 Å². The van der Waals surface area contributed by atoms with Crippen LogP contribution < -0.4 is 4.83 Å². The van der Waals surface area contributed by atoms with E-state index in [9.17, 15) is 13.2 Å². The lowest BCUT2D eigenvalue weighted by molar-refractivity contribution is -0.145. The van der Waals surface area contributed by atoms with Crippen molar-refractivity contribution in [2.24, 2.45) is 5.92 Å². The number of carbonyl (C=O) groups is 1. The van der Waals surface area contributed by atoms with Crippen LogP contribution in [0.25, 0.3) is 0 Å². The number of hydrogen-bond donors (Lipinski definition) is 1. The summed E-state index contributed by atoms with van der Waals surface area (Å²) in [4.78, 5) is 16.5. The van der Waals surface area contributed by atoms with Gasteiger partial charge in [0.05, 0.1) is 18.3 Å². The maximum atomic E-state index is 12.4. The molecule has 0 bridgehead atoms. The highest BCUT2D eigenvalue weighted by Gasteiger charge is 2.42. The lowest BCUT2D eigenvalue weighted by Gasteiger charge is -2.33. The number of methoxy groups -OCH3 is 1. The van der Waals surface area contributed by atoms with Gasteiger partial charge in [-0.2, -0.15) is 0 Å². The topological polar surface area (TPSA) is 78.9 Å². The molecule has 1 aliphatic heterocycles. The van der Waals surface area contributed by atoms with Gasteiger partial charge >= 0.3 is 5.97 Å². The highest BCUT2D eigenvalue weighted by Crippen LogP contribution is 2.31. The number of esters is 1. The Hall–Kier alpha value is -0.700. The summed E-state index contributed by atoms with van der Waals surface area (Å²) in [5.74, 6) is -0.957. The molecule has 1 aliphatic carbocycles. The van der Waals surface area contributed by atoms with Gasteiger partial charge in [-0.3, -0.25) is 4.79 Å². The van der Waals surface area contributed by atoms with Crippen LogP contribution in [0.5, 0.6) is 0 Å². The lowest BCUT2D eigenvalue weighted by Crippen LogP contribution is -2.55. The molecule has 2 fully saturated rings. The molecular weight excluding hydrogens is 282 g/mol. The Labute approximate surface area is 120 Å². The van der Waals surface area contributed by atoms with Crippen LogP contribution in [0.15, 0.2) is 0 Å². The van der Waals surface area contributed by atoms with Crippen LogP contribution in [0.1, 0.15) is 19.3 Å². The number of nitrogens with one attached hydrogen (secondary N) is 1. The molecular formula is C12H23N3O4S. The van der Waals surface area contributed by atoms with E-state index in [0.717, 1.165) is 19.5 Å². The van der Waals surface area contributed by atoms with Gasteiger partial charge in [-0.05, 0) is 19.9 Å². The molecule has 2 aliphatic rings. The molecule has 2 rings (SSSR count). The van der Waals surface area contributed by atoms with E-state index in [1.807, 2.05) is 7.05 Å². The molecule has 0 aromatic heterocycles. The van der Waals surface area contributed by atoms with E-state index in [-0.39, 0.29) is 0 Å². The fraction of sp³-hybridized carbons (Fsp3) is 0.917. The predicted molar refractivity (Wildman–Crippen MR) is 74.3 cm³/mol. The molecule has 2 atom stereocenters. The molecule has 1 heterocycles. The third-order valence-electron chi connectivity index (χ3n) is 4.11. The molecule has 0 aromatic rings. The summed E-state index contributed by atoms with van der Waals surface area (Å²) in [7, 11) is -0.211. The van der Waals surface area contributed by atoms with Gasteiger partial charge in [0.25, 0.3) is 0 Å². The first-order valence-electron chi connectivity index (χ1n) is 6.96. The summed E-state index contributed by atoms with van der Waals surface area (Å²) in [6.45, 7) is 2.97. The maximum Gasteiger partial charge on any atom is 0.310 e. The SMILES string of the molecule is COC(=O)C1CCCC1S(=O)(=O)NN1CCN(C)CC1. The largest absolute Gasteiger partial charge is 0.469 e. The Morgan fingerprint density at radius 1 is 1.20 bits per heavy atom. The lowest BCUT2D eigenvalue weighted by atomic mass is 10.1. The van der Waals surface area contributed by atoms with E-state index in [4.69, 9.17) is 4.74 Å². The minimum absolute atomic E-state index is 0.420. The minimum Gasteiger partial charge on any atom is -0.469 e. The fourth-order valence-electron chi connectivity index (χ4n) is 2.86. The monoisotopic (exact) mass is 305 g/mol. The van der Waals surface area contributed by atoms with Gasteiger partial charge in [-0.25, -0.2) is 13.4 Å². The molecule has 2 unspecified atom stereocenters. The Morgan fingerprint density at radius 2 is 1.85 bits per heavy atom. The van der Waals surface area contributed by atoms with Crippen molar-refractivity contribution in [1.82, 2.24) is 14.7 Å². The van der Waals surface area contributed by atoms with E-state index in [2.05, 4.69) is 9.73 Å². The summed E-state index contributed by atoms with van der Waals surface area (Å²) >= 11 is 0. The Kier molecular flexibility index (Phi) is 5.00. The van der Waals surface area contributed by atoms with E-state index >= 15 is 0 Å². The zero-order chi connectivity index (χ0) is 14.8. The van der Waals surface area contributed by atoms with Crippen LogP contribution in [0.2, 0.25) is 0 Å². The fourth-order valence-corrected chi connectivity index (χ4v) is 4.70. The van der Waals surface area contributed by atoms with Crippen molar-refractivity contribution in [1.29, 1.82) is 0 Å². The maximum absolute atomic E-state index is 12.4. The number of ether oxygens (including phenoxy) is 1. The Morgan fingerprint density at radius 3 is 2.45 bits per heavy atom. The normalized spacial score (nSPS) is 29.5. The summed E-state index contributed by atoms with van der Waals surface area (Å²) in [5, 5.41) is 1.05. The van der Waals surface area contributed by atoms with Crippen molar-refractivity contribution in [3.63, 3.8) is 0 Å². The number of nitrogens with zero attached hydrogens (tertiary/aromatic N) is 2. The summed E-state index contributed by atoms with van der Waals surface area (Å²) < 4.78 is 29.6. The van der Waals surface area contributed by atoms with Gasteiger partial charge in [-0.15, -0.1) is 4.83 Å². The molecule has 0 spiro atoms. The molecule has 1 saturated heterocycles. The van der Waals surface area contributed by atoms with Gasteiger partial charge in [0.1, 0.15) is 0 Å². The van der Waals surface area contributed by atoms with E-state index in [0.29, 0.717) is 25.9 Å². The van der Waals surface area contributed by atoms with Gasteiger partial charge in [0, 0.05) is 26.2 Å². The molecule has 1 saturated carbocycles. The van der Waals surface area contributed by atoms with E-state index in [1.54, 1.807) is 5.01 Å². The first kappa shape index (κ1) is 15.7. The van der Waals surface area contributed by atoms with Crippen molar-refractivity contribution >= 4 is 16.0 Å². The highest BCUT2D eigenvalue weighted by atomic mass is 32.2. The molecule has 0 radical (unpaired) electrons. The molecule has 1 N–H and O–H groups in total.